The predicted octanol–water partition coefficient (Wildman–Crippen LogP) is 2.84. The molecule has 1 unspecified atom stereocenters. The molecule has 0 saturated carbocycles. The van der Waals surface area contributed by atoms with Crippen molar-refractivity contribution < 1.29 is 14.4 Å². The summed E-state index contributed by atoms with van der Waals surface area (Å²) in [6.07, 6.45) is 1.05. The fourth-order valence-corrected chi connectivity index (χ4v) is 5.60. The van der Waals surface area contributed by atoms with Crippen LogP contribution in [0.25, 0.3) is 0 Å². The summed E-state index contributed by atoms with van der Waals surface area (Å²) < 4.78 is 5.72. The Balaban J connectivity index is 1.32. The number of benzene rings is 1. The first-order valence-corrected chi connectivity index (χ1v) is 11.4. The van der Waals surface area contributed by atoms with E-state index in [1.165, 1.54) is 25.8 Å². The third-order valence-corrected chi connectivity index (χ3v) is 7.00. The summed E-state index contributed by atoms with van der Waals surface area (Å²) in [5, 5.41) is 7.32. The Morgan fingerprint density at radius 3 is 2.96 bits per heavy atom. The zero-order valence-electron chi connectivity index (χ0n) is 15.9. The summed E-state index contributed by atoms with van der Waals surface area (Å²) in [6, 6.07) is 14.8. The lowest BCUT2D eigenvalue weighted by atomic mass is 9.98. The highest BCUT2D eigenvalue weighted by Gasteiger charge is 2.34. The van der Waals surface area contributed by atoms with Gasteiger partial charge >= 0.3 is 0 Å². The molecule has 6 heteroatoms. The van der Waals surface area contributed by atoms with Crippen molar-refractivity contribution in [3.8, 4) is 5.75 Å². The number of rotatable bonds is 7. The minimum atomic E-state index is 0.0862. The van der Waals surface area contributed by atoms with Crippen molar-refractivity contribution in [3.05, 3.63) is 74.1 Å². The van der Waals surface area contributed by atoms with Crippen molar-refractivity contribution >= 4 is 28.6 Å². The maximum atomic E-state index is 12.6. The highest BCUT2D eigenvalue weighted by molar-refractivity contribution is 7.10. The lowest BCUT2D eigenvalue weighted by molar-refractivity contribution is -0.919. The normalized spacial score (nSPS) is 18.5. The van der Waals surface area contributed by atoms with Gasteiger partial charge in [-0.15, -0.1) is 22.7 Å². The molecular weight excluding hydrogens is 388 g/mol. The van der Waals surface area contributed by atoms with Crippen LogP contribution in [0.15, 0.2) is 53.2 Å². The molecule has 1 aliphatic heterocycles. The molecule has 3 aromatic rings. The van der Waals surface area contributed by atoms with Crippen LogP contribution in [0.2, 0.25) is 0 Å². The smallest absolute Gasteiger partial charge is 0.275 e. The van der Waals surface area contributed by atoms with Gasteiger partial charge < -0.3 is 15.0 Å². The SMILES string of the molecule is Cc1cccc(OCCNC(=O)C[NH+]2CCc3sccc3[C@H]2c2cccs2)c1. The van der Waals surface area contributed by atoms with Crippen LogP contribution in [0.4, 0.5) is 0 Å². The van der Waals surface area contributed by atoms with Crippen LogP contribution in [0.5, 0.6) is 5.75 Å². The Labute approximate surface area is 173 Å². The van der Waals surface area contributed by atoms with Crippen molar-refractivity contribution in [1.29, 1.82) is 0 Å². The van der Waals surface area contributed by atoms with E-state index >= 15 is 0 Å². The van der Waals surface area contributed by atoms with Gasteiger partial charge in [-0.05, 0) is 47.5 Å². The maximum absolute atomic E-state index is 12.6. The molecule has 4 nitrogen and oxygen atoms in total. The summed E-state index contributed by atoms with van der Waals surface area (Å²) in [4.78, 5) is 16.7. The Morgan fingerprint density at radius 1 is 1.21 bits per heavy atom. The Hall–Kier alpha value is -2.15. The summed E-state index contributed by atoms with van der Waals surface area (Å²) in [7, 11) is 0. The molecule has 1 aromatic carbocycles. The quantitative estimate of drug-likeness (QED) is 0.585. The number of aryl methyl sites for hydroxylation is 1. The second-order valence-electron chi connectivity index (χ2n) is 7.10. The molecule has 146 valence electrons. The second kappa shape index (κ2) is 8.90. The van der Waals surface area contributed by atoms with E-state index in [2.05, 4.69) is 34.3 Å². The van der Waals surface area contributed by atoms with Gasteiger partial charge in [0.1, 0.15) is 18.4 Å². The number of hydrogen-bond donors (Lipinski definition) is 2. The molecule has 0 bridgehead atoms. The molecule has 0 fully saturated rings. The lowest BCUT2D eigenvalue weighted by Gasteiger charge is -2.31. The van der Waals surface area contributed by atoms with Gasteiger partial charge in [-0.2, -0.15) is 0 Å². The number of ether oxygens (including phenoxy) is 1. The van der Waals surface area contributed by atoms with Crippen LogP contribution in [0, 0.1) is 6.92 Å². The number of fused-ring (bicyclic) bond motifs is 1. The van der Waals surface area contributed by atoms with Crippen molar-refractivity contribution in [1.82, 2.24) is 5.32 Å². The molecule has 0 radical (unpaired) electrons. The highest BCUT2D eigenvalue weighted by atomic mass is 32.1. The Bertz CT molecular complexity index is 920. The third kappa shape index (κ3) is 4.46. The van der Waals surface area contributed by atoms with Crippen molar-refractivity contribution in [2.45, 2.75) is 19.4 Å². The van der Waals surface area contributed by atoms with E-state index in [1.54, 1.807) is 11.3 Å². The highest BCUT2D eigenvalue weighted by Crippen LogP contribution is 2.31. The minimum absolute atomic E-state index is 0.0862. The van der Waals surface area contributed by atoms with E-state index in [0.29, 0.717) is 19.7 Å². The lowest BCUT2D eigenvalue weighted by Crippen LogP contribution is -3.14. The van der Waals surface area contributed by atoms with Crippen LogP contribution in [0.3, 0.4) is 0 Å². The predicted molar refractivity (Wildman–Crippen MR) is 115 cm³/mol. The van der Waals surface area contributed by atoms with E-state index in [-0.39, 0.29) is 11.9 Å². The number of amides is 1. The standard InChI is InChI=1S/C22H24N2O2S2/c1-16-4-2-5-17(14-16)26-11-9-23-21(25)15-24-10-7-19-18(8-13-28-19)22(24)20-6-3-12-27-20/h2-6,8,12-14,22H,7,9-11,15H2,1H3,(H,23,25)/p+1/t22-/m0/s1. The molecule has 2 aromatic heterocycles. The van der Waals surface area contributed by atoms with Crippen molar-refractivity contribution in [2.24, 2.45) is 0 Å². The van der Waals surface area contributed by atoms with Gasteiger partial charge in [-0.3, -0.25) is 4.79 Å². The molecule has 2 N–H and O–H groups in total. The maximum Gasteiger partial charge on any atom is 0.275 e. The summed E-state index contributed by atoms with van der Waals surface area (Å²) >= 11 is 3.62. The number of carbonyl (C=O) groups is 1. The van der Waals surface area contributed by atoms with Gasteiger partial charge in [-0.25, -0.2) is 0 Å². The van der Waals surface area contributed by atoms with Crippen LogP contribution < -0.4 is 15.0 Å². The zero-order chi connectivity index (χ0) is 19.3. The molecule has 3 heterocycles. The number of carbonyl (C=O) groups excluding carboxylic acids is 1. The molecular formula is C22H25N2O2S2+. The first-order valence-electron chi connectivity index (χ1n) is 9.61. The number of hydrogen-bond acceptors (Lipinski definition) is 4. The van der Waals surface area contributed by atoms with Gasteiger partial charge in [0.05, 0.1) is 18.0 Å². The van der Waals surface area contributed by atoms with Gasteiger partial charge in [0.2, 0.25) is 0 Å². The summed E-state index contributed by atoms with van der Waals surface area (Å²) in [6.45, 7) is 4.52. The molecule has 0 saturated heterocycles. The van der Waals surface area contributed by atoms with E-state index in [9.17, 15) is 4.79 Å². The van der Waals surface area contributed by atoms with Gasteiger partial charge in [0.15, 0.2) is 6.54 Å². The molecule has 4 rings (SSSR count). The first kappa shape index (κ1) is 19.2. The zero-order valence-corrected chi connectivity index (χ0v) is 17.6. The Kier molecular flexibility index (Phi) is 6.10. The first-order chi connectivity index (χ1) is 13.7. The summed E-state index contributed by atoms with van der Waals surface area (Å²) in [5.74, 6) is 0.932. The van der Waals surface area contributed by atoms with Crippen molar-refractivity contribution in [3.63, 3.8) is 0 Å². The molecule has 1 aliphatic rings. The minimum Gasteiger partial charge on any atom is -0.492 e. The molecule has 28 heavy (non-hydrogen) atoms. The van der Waals surface area contributed by atoms with Gasteiger partial charge in [0.25, 0.3) is 5.91 Å². The fourth-order valence-electron chi connectivity index (χ4n) is 3.78. The van der Waals surface area contributed by atoms with Crippen molar-refractivity contribution in [2.75, 3.05) is 26.2 Å². The molecule has 2 atom stereocenters. The van der Waals surface area contributed by atoms with Crippen LogP contribution in [-0.2, 0) is 11.2 Å². The van der Waals surface area contributed by atoms with E-state index < -0.39 is 0 Å². The van der Waals surface area contributed by atoms with E-state index in [0.717, 1.165) is 18.7 Å². The van der Waals surface area contributed by atoms with Gasteiger partial charge in [-0.1, -0.05) is 18.2 Å². The number of quaternary nitrogens is 1. The van der Waals surface area contributed by atoms with Crippen LogP contribution >= 0.6 is 22.7 Å². The monoisotopic (exact) mass is 413 g/mol. The van der Waals surface area contributed by atoms with E-state index in [1.807, 2.05) is 42.5 Å². The Morgan fingerprint density at radius 2 is 2.14 bits per heavy atom. The molecule has 1 amide bonds. The number of nitrogens with one attached hydrogen (secondary N) is 2. The topological polar surface area (TPSA) is 42.8 Å². The largest absolute Gasteiger partial charge is 0.492 e. The number of thiophene rings is 2. The van der Waals surface area contributed by atoms with E-state index in [4.69, 9.17) is 4.74 Å². The fraction of sp³-hybridized carbons (Fsp3) is 0.318. The van der Waals surface area contributed by atoms with Crippen LogP contribution in [0.1, 0.15) is 26.9 Å². The molecule has 0 spiro atoms. The average Bonchev–Trinajstić information content (AvgIpc) is 3.37. The third-order valence-electron chi connectivity index (χ3n) is 5.07. The van der Waals surface area contributed by atoms with Crippen LogP contribution in [-0.4, -0.2) is 32.1 Å². The summed E-state index contributed by atoms with van der Waals surface area (Å²) in [5.41, 5.74) is 2.56. The average molecular weight is 414 g/mol. The van der Waals surface area contributed by atoms with Gasteiger partial charge in [0, 0.05) is 16.9 Å². The second-order valence-corrected chi connectivity index (χ2v) is 9.08. The molecule has 0 aliphatic carbocycles.